The average molecular weight is 403 g/mol. The van der Waals surface area contributed by atoms with Gasteiger partial charge in [-0.2, -0.15) is 0 Å². The van der Waals surface area contributed by atoms with Crippen LogP contribution in [0.4, 0.5) is 0 Å². The lowest BCUT2D eigenvalue weighted by atomic mass is 9.82. The number of ether oxygens (including phenoxy) is 1. The van der Waals surface area contributed by atoms with E-state index in [9.17, 15) is 14.7 Å². The van der Waals surface area contributed by atoms with Crippen molar-refractivity contribution in [2.45, 2.75) is 14.1 Å². The molecule has 0 aromatic rings. The molecule has 0 aromatic carbocycles. The quantitative estimate of drug-likeness (QED) is 0.568. The third-order valence-electron chi connectivity index (χ3n) is 3.66. The van der Waals surface area contributed by atoms with Gasteiger partial charge in [0.05, 0.1) is 29.0 Å². The summed E-state index contributed by atoms with van der Waals surface area (Å²) >= 11 is 36.9. The van der Waals surface area contributed by atoms with Crippen LogP contribution in [0.15, 0.2) is 10.1 Å². The van der Waals surface area contributed by atoms with E-state index < -0.39 is 37.9 Å². The van der Waals surface area contributed by atoms with Crippen LogP contribution in [-0.2, 0) is 14.3 Å². The molecule has 1 fully saturated rings. The molecule has 20 heavy (non-hydrogen) atoms. The lowest BCUT2D eigenvalue weighted by Gasteiger charge is -2.32. The summed E-state index contributed by atoms with van der Waals surface area (Å²) in [6.45, 7) is 0. The Kier molecular flexibility index (Phi) is 3.95. The van der Waals surface area contributed by atoms with Crippen molar-refractivity contribution in [1.82, 2.24) is 0 Å². The second-order valence-corrected chi connectivity index (χ2v) is 7.72. The number of carbonyl (C=O) groups excluding carboxylic acids is 1. The topological polar surface area (TPSA) is 63.6 Å². The van der Waals surface area contributed by atoms with Crippen LogP contribution < -0.4 is 0 Å². The van der Waals surface area contributed by atoms with E-state index in [1.54, 1.807) is 0 Å². The zero-order valence-corrected chi connectivity index (χ0v) is 14.1. The van der Waals surface area contributed by atoms with Crippen LogP contribution in [0.3, 0.4) is 0 Å². The number of rotatable bonds is 2. The van der Waals surface area contributed by atoms with Crippen molar-refractivity contribution >= 4 is 81.5 Å². The summed E-state index contributed by atoms with van der Waals surface area (Å²) in [6.07, 6.45) is 0. The van der Waals surface area contributed by atoms with E-state index in [1.165, 1.54) is 0 Å². The maximum atomic E-state index is 11.9. The Morgan fingerprint density at radius 1 is 1.05 bits per heavy atom. The van der Waals surface area contributed by atoms with Crippen LogP contribution in [0, 0.1) is 11.8 Å². The minimum absolute atomic E-state index is 0.256. The summed E-state index contributed by atoms with van der Waals surface area (Å²) in [6, 6.07) is 0. The van der Waals surface area contributed by atoms with E-state index in [0.29, 0.717) is 0 Å². The van der Waals surface area contributed by atoms with Gasteiger partial charge >= 0.3 is 11.9 Å². The predicted octanol–water partition coefficient (Wildman–Crippen LogP) is 3.32. The molecule has 0 spiro atoms. The highest BCUT2D eigenvalue weighted by atomic mass is 35.5. The zero-order valence-electron chi connectivity index (χ0n) is 9.59. The molecule has 2 aliphatic rings. The molecule has 0 aromatic heterocycles. The number of alkyl halides is 4. The first-order valence-electron chi connectivity index (χ1n) is 5.12. The average Bonchev–Trinajstić information content (AvgIpc) is 2.57. The van der Waals surface area contributed by atoms with Gasteiger partial charge in [-0.1, -0.05) is 46.4 Å². The molecule has 0 aliphatic heterocycles. The van der Waals surface area contributed by atoms with E-state index in [4.69, 9.17) is 69.6 Å². The molecule has 112 valence electrons. The van der Waals surface area contributed by atoms with Gasteiger partial charge in [0.25, 0.3) is 0 Å². The highest BCUT2D eigenvalue weighted by molar-refractivity contribution is 6.66. The standard InChI is InChI=1S/C10H6Cl6O4/c1-20-7(19)3-2(6(17)18)8(13)4(11)5(12)9(3,14)10(8,15)16/h2-3H,1H3,(H,17,18)/t2-,3-,8+,9+/m1/s1. The first kappa shape index (κ1) is 16.8. The molecule has 2 rings (SSSR count). The third-order valence-corrected chi connectivity index (χ3v) is 7.92. The number of hydrogen-bond donors (Lipinski definition) is 1. The van der Waals surface area contributed by atoms with Gasteiger partial charge in [-0.05, 0) is 0 Å². The molecular weight excluding hydrogens is 397 g/mol. The predicted molar refractivity (Wildman–Crippen MR) is 77.0 cm³/mol. The summed E-state index contributed by atoms with van der Waals surface area (Å²) in [4.78, 5) is 19.4. The fourth-order valence-electron chi connectivity index (χ4n) is 2.72. The summed E-state index contributed by atoms with van der Waals surface area (Å²) in [5.74, 6) is -5.44. The molecule has 0 radical (unpaired) electrons. The van der Waals surface area contributed by atoms with Crippen molar-refractivity contribution in [3.63, 3.8) is 0 Å². The van der Waals surface area contributed by atoms with Crippen LogP contribution in [0.25, 0.3) is 0 Å². The van der Waals surface area contributed by atoms with Crippen molar-refractivity contribution in [3.05, 3.63) is 10.1 Å². The molecule has 4 nitrogen and oxygen atoms in total. The lowest BCUT2D eigenvalue weighted by Crippen LogP contribution is -2.45. The molecule has 2 bridgehead atoms. The molecule has 1 N–H and O–H groups in total. The summed E-state index contributed by atoms with van der Waals surface area (Å²) in [7, 11) is 1.07. The molecule has 0 unspecified atom stereocenters. The van der Waals surface area contributed by atoms with E-state index in [-0.39, 0.29) is 10.1 Å². The third kappa shape index (κ3) is 1.53. The molecule has 10 heteroatoms. The Morgan fingerprint density at radius 3 is 1.80 bits per heavy atom. The van der Waals surface area contributed by atoms with Crippen molar-refractivity contribution in [3.8, 4) is 0 Å². The second-order valence-electron chi connectivity index (χ2n) is 4.44. The van der Waals surface area contributed by atoms with Crippen molar-refractivity contribution in [2.24, 2.45) is 11.8 Å². The SMILES string of the molecule is COC(=O)[C@H]1[C@H](C(=O)O)[C@]2(Cl)C(Cl)=C(Cl)[C@]1(Cl)C2(Cl)Cl. The number of carboxylic acid groups (broad SMARTS) is 1. The Morgan fingerprint density at radius 2 is 1.45 bits per heavy atom. The van der Waals surface area contributed by atoms with Gasteiger partial charge in [0.1, 0.15) is 9.75 Å². The number of fused-ring (bicyclic) bond motifs is 2. The van der Waals surface area contributed by atoms with Crippen LogP contribution in [0.5, 0.6) is 0 Å². The second kappa shape index (κ2) is 4.71. The fraction of sp³-hybridized carbons (Fsp3) is 0.600. The van der Waals surface area contributed by atoms with Crippen LogP contribution in [0.1, 0.15) is 0 Å². The molecule has 0 saturated heterocycles. The van der Waals surface area contributed by atoms with Gasteiger partial charge in [-0.3, -0.25) is 9.59 Å². The maximum Gasteiger partial charge on any atom is 0.311 e. The number of carboxylic acids is 1. The minimum Gasteiger partial charge on any atom is -0.481 e. The molecule has 0 amide bonds. The normalized spacial score (nSPS) is 42.0. The molecule has 0 heterocycles. The van der Waals surface area contributed by atoms with Gasteiger partial charge in [0.2, 0.25) is 0 Å². The largest absolute Gasteiger partial charge is 0.481 e. The highest BCUT2D eigenvalue weighted by Gasteiger charge is 2.85. The Balaban J connectivity index is 2.80. The van der Waals surface area contributed by atoms with E-state index in [1.807, 2.05) is 0 Å². The first-order valence-corrected chi connectivity index (χ1v) is 7.38. The maximum absolute atomic E-state index is 11.9. The van der Waals surface area contributed by atoms with Crippen LogP contribution in [-0.4, -0.2) is 38.2 Å². The number of allylic oxidation sites excluding steroid dienone is 2. The lowest BCUT2D eigenvalue weighted by molar-refractivity contribution is -0.155. The number of aliphatic carboxylic acids is 1. The zero-order chi connectivity index (χ0) is 15.7. The van der Waals surface area contributed by atoms with Crippen molar-refractivity contribution in [1.29, 1.82) is 0 Å². The van der Waals surface area contributed by atoms with E-state index in [0.717, 1.165) is 7.11 Å². The van der Waals surface area contributed by atoms with Crippen LogP contribution >= 0.6 is 69.6 Å². The van der Waals surface area contributed by atoms with Gasteiger partial charge in [0, 0.05) is 0 Å². The molecule has 1 saturated carbocycles. The van der Waals surface area contributed by atoms with E-state index >= 15 is 0 Å². The van der Waals surface area contributed by atoms with Gasteiger partial charge < -0.3 is 9.84 Å². The molecule has 4 atom stereocenters. The summed E-state index contributed by atoms with van der Waals surface area (Å²) in [5, 5.41) is 8.83. The van der Waals surface area contributed by atoms with E-state index in [2.05, 4.69) is 4.74 Å². The Hall–Kier alpha value is 0.420. The molecule has 2 aliphatic carbocycles. The fourth-order valence-corrected chi connectivity index (χ4v) is 5.65. The summed E-state index contributed by atoms with van der Waals surface area (Å²) in [5.41, 5.74) is 0. The minimum atomic E-state index is -2.10. The summed E-state index contributed by atoms with van der Waals surface area (Å²) < 4.78 is 2.47. The Bertz CT molecular complexity index is 546. The smallest absolute Gasteiger partial charge is 0.311 e. The number of methoxy groups -OCH3 is 1. The van der Waals surface area contributed by atoms with Gasteiger partial charge in [0.15, 0.2) is 4.33 Å². The molecular formula is C10H6Cl6O4. The van der Waals surface area contributed by atoms with Gasteiger partial charge in [-0.25, -0.2) is 0 Å². The number of esters is 1. The number of hydrogen-bond acceptors (Lipinski definition) is 3. The number of halogens is 6. The van der Waals surface area contributed by atoms with Crippen LogP contribution in [0.2, 0.25) is 0 Å². The van der Waals surface area contributed by atoms with Crippen molar-refractivity contribution in [2.75, 3.05) is 7.11 Å². The Labute approximate surface area is 143 Å². The number of carbonyl (C=O) groups is 2. The monoisotopic (exact) mass is 400 g/mol. The van der Waals surface area contributed by atoms with Gasteiger partial charge in [-0.15, -0.1) is 23.2 Å². The van der Waals surface area contributed by atoms with Crippen molar-refractivity contribution < 1.29 is 19.4 Å². The first-order chi connectivity index (χ1) is 8.99. The highest BCUT2D eigenvalue weighted by Crippen LogP contribution is 2.76.